The van der Waals surface area contributed by atoms with Gasteiger partial charge < -0.3 is 9.11 Å². The minimum atomic E-state index is -5.72. The summed E-state index contributed by atoms with van der Waals surface area (Å²) in [5.74, 6) is 0. The van der Waals surface area contributed by atoms with E-state index in [1.165, 1.54) is 36.4 Å². The van der Waals surface area contributed by atoms with Gasteiger partial charge in [0.05, 0.1) is 0 Å². The van der Waals surface area contributed by atoms with Crippen LogP contribution in [-0.2, 0) is 24.3 Å². The summed E-state index contributed by atoms with van der Waals surface area (Å²) in [7, 11) is -11.4. The number of benzene rings is 4. The molecular weight excluding hydrogens is 452 g/mol. The molecule has 0 heterocycles. The number of hydrogen-bond donors (Lipinski definition) is 0. The summed E-state index contributed by atoms with van der Waals surface area (Å²) < 4.78 is 72.6. The third kappa shape index (κ3) is 3.46. The van der Waals surface area contributed by atoms with Crippen LogP contribution in [0.5, 0.6) is 0 Å². The molecule has 6 nitrogen and oxygen atoms in total. The van der Waals surface area contributed by atoms with Crippen molar-refractivity contribution in [3.8, 4) is 0 Å². The Balaban J connectivity index is 0.00000256. The Bertz CT molecular complexity index is 1340. The molecule has 0 aromatic heterocycles. The van der Waals surface area contributed by atoms with Gasteiger partial charge in [-0.2, -0.15) is 0 Å². The fourth-order valence-corrected chi connectivity index (χ4v) is 6.62. The van der Waals surface area contributed by atoms with Crippen molar-refractivity contribution in [3.63, 3.8) is 0 Å². The molecule has 0 aliphatic rings. The molecule has 0 amide bonds. The second kappa shape index (κ2) is 8.20. The maximum Gasteiger partial charge on any atom is 2.00 e. The van der Waals surface area contributed by atoms with Crippen LogP contribution in [0.4, 0.5) is 0 Å². The second-order valence-electron chi connectivity index (χ2n) is 6.58. The number of fused-ring (bicyclic) bond motifs is 2. The number of hydrogen-bond acceptors (Lipinski definition) is 6. The van der Waals surface area contributed by atoms with Gasteiger partial charge in [-0.1, -0.05) is 84.9 Å². The Morgan fingerprint density at radius 2 is 0.867 bits per heavy atom. The summed E-state index contributed by atoms with van der Waals surface area (Å²) in [6.07, 6.45) is 0. The quantitative estimate of drug-likeness (QED) is 0.337. The van der Waals surface area contributed by atoms with Crippen LogP contribution in [0.2, 0.25) is 0 Å². The average Bonchev–Trinajstić information content (AvgIpc) is 2.67. The molecule has 0 spiro atoms. The predicted octanol–water partition coefficient (Wildman–Crippen LogP) is 2.90. The molecule has 0 fully saturated rings. The second-order valence-corrected chi connectivity index (χ2v) is 9.88. The van der Waals surface area contributed by atoms with E-state index in [0.717, 1.165) is 0 Å². The molecule has 0 aliphatic heterocycles. The first-order valence-corrected chi connectivity index (χ1v) is 11.4. The van der Waals surface area contributed by atoms with Crippen molar-refractivity contribution in [3.05, 3.63) is 96.1 Å². The van der Waals surface area contributed by atoms with Crippen molar-refractivity contribution in [1.29, 1.82) is 0 Å². The van der Waals surface area contributed by atoms with Crippen LogP contribution >= 0.6 is 0 Å². The molecule has 4 aromatic carbocycles. The molecule has 4 aromatic rings. The van der Waals surface area contributed by atoms with Crippen molar-refractivity contribution in [2.75, 3.05) is 0 Å². The van der Waals surface area contributed by atoms with Gasteiger partial charge in [0.2, 0.25) is 4.08 Å². The van der Waals surface area contributed by atoms with Crippen LogP contribution in [-0.4, -0.2) is 63.7 Å². The van der Waals surface area contributed by atoms with Crippen molar-refractivity contribution in [2.45, 2.75) is 4.08 Å². The molecular formula is C21H14CaO6S2. The monoisotopic (exact) mass is 466 g/mol. The van der Waals surface area contributed by atoms with Gasteiger partial charge in [0.25, 0.3) is 0 Å². The average molecular weight is 467 g/mol. The molecule has 0 bridgehead atoms. The first kappa shape index (κ1) is 23.1. The van der Waals surface area contributed by atoms with E-state index in [1.54, 1.807) is 48.5 Å². The Labute approximate surface area is 204 Å². The zero-order valence-corrected chi connectivity index (χ0v) is 19.4. The van der Waals surface area contributed by atoms with Gasteiger partial charge in [0.15, 0.2) is 0 Å². The third-order valence-corrected chi connectivity index (χ3v) is 8.51. The van der Waals surface area contributed by atoms with Gasteiger partial charge in [0.1, 0.15) is 20.2 Å². The van der Waals surface area contributed by atoms with E-state index in [-0.39, 0.29) is 59.6 Å². The summed E-state index contributed by atoms with van der Waals surface area (Å²) in [4.78, 5) is 0. The standard InChI is InChI=1S/C21H16O6S2.Ca/c22-28(23,24)21(29(25,26)27,19-13-5-9-15-7-1-3-11-17(15)19)20-14-6-10-16-8-2-4-12-18(16)20;/h1-14H,(H,22,23,24)(H,25,26,27);/q;+2/p-2. The Hall–Kier alpha value is -1.52. The minimum absolute atomic E-state index is 0. The SMILES string of the molecule is O=S(=O)([O-])C(c1cccc2ccccc12)(c1cccc2ccccc12)S(=O)(=O)[O-].[Ca+2]. The van der Waals surface area contributed by atoms with Crippen LogP contribution in [0, 0.1) is 0 Å². The first-order chi connectivity index (χ1) is 13.7. The van der Waals surface area contributed by atoms with Crippen molar-refractivity contribution < 1.29 is 25.9 Å². The minimum Gasteiger partial charge on any atom is -0.746 e. The van der Waals surface area contributed by atoms with Crippen molar-refractivity contribution in [1.82, 2.24) is 0 Å². The van der Waals surface area contributed by atoms with E-state index in [0.29, 0.717) is 10.8 Å². The molecule has 0 atom stereocenters. The molecule has 9 heteroatoms. The van der Waals surface area contributed by atoms with Gasteiger partial charge >= 0.3 is 37.7 Å². The van der Waals surface area contributed by atoms with E-state index in [1.807, 2.05) is 0 Å². The largest absolute Gasteiger partial charge is 2.00 e. The summed E-state index contributed by atoms with van der Waals surface area (Å²) >= 11 is 0. The van der Waals surface area contributed by atoms with Gasteiger partial charge in [0, 0.05) is 0 Å². The Morgan fingerprint density at radius 1 is 0.533 bits per heavy atom. The van der Waals surface area contributed by atoms with Gasteiger partial charge in [-0.3, -0.25) is 0 Å². The van der Waals surface area contributed by atoms with E-state index < -0.39 is 24.3 Å². The predicted molar refractivity (Wildman–Crippen MR) is 114 cm³/mol. The molecule has 0 saturated carbocycles. The molecule has 0 saturated heterocycles. The van der Waals surface area contributed by atoms with E-state index in [2.05, 4.69) is 0 Å². The van der Waals surface area contributed by atoms with Crippen LogP contribution in [0.15, 0.2) is 84.9 Å². The maximum atomic E-state index is 12.7. The van der Waals surface area contributed by atoms with Crippen molar-refractivity contribution >= 4 is 79.5 Å². The van der Waals surface area contributed by atoms with E-state index in [9.17, 15) is 25.9 Å². The van der Waals surface area contributed by atoms with E-state index >= 15 is 0 Å². The number of rotatable bonds is 4. The van der Waals surface area contributed by atoms with Crippen LogP contribution in [0.25, 0.3) is 21.5 Å². The topological polar surface area (TPSA) is 114 Å². The maximum absolute atomic E-state index is 12.7. The molecule has 148 valence electrons. The molecule has 0 N–H and O–H groups in total. The summed E-state index contributed by atoms with van der Waals surface area (Å²) in [6, 6.07) is 21.3. The normalized spacial score (nSPS) is 12.6. The van der Waals surface area contributed by atoms with Gasteiger partial charge in [-0.15, -0.1) is 0 Å². The van der Waals surface area contributed by atoms with Crippen LogP contribution < -0.4 is 0 Å². The Morgan fingerprint density at radius 3 is 1.23 bits per heavy atom. The summed E-state index contributed by atoms with van der Waals surface area (Å²) in [5, 5.41) is 1.40. The zero-order chi connectivity index (χ0) is 20.9. The van der Waals surface area contributed by atoms with Crippen molar-refractivity contribution in [2.24, 2.45) is 0 Å². The van der Waals surface area contributed by atoms with E-state index in [4.69, 9.17) is 0 Å². The molecule has 4 rings (SSSR count). The molecule has 0 unspecified atom stereocenters. The van der Waals surface area contributed by atoms with Crippen LogP contribution in [0.1, 0.15) is 11.1 Å². The molecule has 0 aliphatic carbocycles. The van der Waals surface area contributed by atoms with Gasteiger partial charge in [-0.05, 0) is 32.7 Å². The molecule has 0 radical (unpaired) electrons. The Kier molecular flexibility index (Phi) is 6.33. The summed E-state index contributed by atoms with van der Waals surface area (Å²) in [5.41, 5.74) is -0.756. The van der Waals surface area contributed by atoms with Crippen LogP contribution in [0.3, 0.4) is 0 Å². The van der Waals surface area contributed by atoms with Gasteiger partial charge in [-0.25, -0.2) is 16.8 Å². The zero-order valence-electron chi connectivity index (χ0n) is 15.6. The fraction of sp³-hybridized carbons (Fsp3) is 0.0476. The summed E-state index contributed by atoms with van der Waals surface area (Å²) in [6.45, 7) is 0. The molecule has 30 heavy (non-hydrogen) atoms. The third-order valence-electron chi connectivity index (χ3n) is 4.99. The fourth-order valence-electron chi connectivity index (χ4n) is 3.83. The smallest absolute Gasteiger partial charge is 0.746 e. The first-order valence-electron chi connectivity index (χ1n) is 8.55.